The van der Waals surface area contributed by atoms with Crippen molar-refractivity contribution in [3.8, 4) is 11.3 Å². The largest absolute Gasteiger partial charge is 0.326 e. The Morgan fingerprint density at radius 2 is 2.13 bits per heavy atom. The topological polar surface area (TPSA) is 51.8 Å². The molecule has 0 saturated carbocycles. The zero-order valence-corrected chi connectivity index (χ0v) is 8.39. The molecule has 6 heteroatoms. The lowest BCUT2D eigenvalue weighted by Gasteiger charge is -2.00. The molecule has 2 aromatic rings. The molecule has 0 unspecified atom stereocenters. The van der Waals surface area contributed by atoms with E-state index in [4.69, 9.17) is 5.73 Å². The van der Waals surface area contributed by atoms with Gasteiger partial charge in [0.15, 0.2) is 0 Å². The third-order valence-corrected chi connectivity index (χ3v) is 2.67. The number of aromatic nitrogens is 2. The summed E-state index contributed by atoms with van der Waals surface area (Å²) in [6.07, 6.45) is 0. The Bertz CT molecular complexity index is 484. The van der Waals surface area contributed by atoms with Crippen molar-refractivity contribution in [2.24, 2.45) is 5.73 Å². The fourth-order valence-electron chi connectivity index (χ4n) is 1.23. The lowest BCUT2D eigenvalue weighted by Crippen LogP contribution is -1.97. The maximum atomic E-state index is 13.4. The Hall–Kier alpha value is -1.40. The first-order chi connectivity index (χ1) is 7.22. The van der Waals surface area contributed by atoms with E-state index >= 15 is 0 Å². The summed E-state index contributed by atoms with van der Waals surface area (Å²) >= 11 is 1.11. The van der Waals surface area contributed by atoms with Crippen molar-refractivity contribution in [1.29, 1.82) is 0 Å². The van der Waals surface area contributed by atoms with Crippen LogP contribution in [0.1, 0.15) is 4.88 Å². The molecule has 15 heavy (non-hydrogen) atoms. The lowest BCUT2D eigenvalue weighted by molar-refractivity contribution is 0.585. The van der Waals surface area contributed by atoms with Crippen LogP contribution in [0.15, 0.2) is 18.2 Å². The summed E-state index contributed by atoms with van der Waals surface area (Å²) in [5.74, 6) is -1.27. The van der Waals surface area contributed by atoms with Crippen LogP contribution in [0.3, 0.4) is 0 Å². The number of hydrogen-bond donors (Lipinski definition) is 1. The second-order valence-corrected chi connectivity index (χ2v) is 3.71. The van der Waals surface area contributed by atoms with E-state index in [1.165, 1.54) is 12.1 Å². The minimum absolute atomic E-state index is 0.227. The Morgan fingerprint density at radius 1 is 1.33 bits per heavy atom. The number of benzene rings is 1. The molecule has 0 radical (unpaired) electrons. The highest BCUT2D eigenvalue weighted by molar-refractivity contribution is 7.05. The normalized spacial score (nSPS) is 10.6. The molecule has 0 saturated heterocycles. The fourth-order valence-corrected chi connectivity index (χ4v) is 1.76. The molecule has 1 aromatic heterocycles. The van der Waals surface area contributed by atoms with Crippen LogP contribution in [0.2, 0.25) is 0 Å². The van der Waals surface area contributed by atoms with Crippen molar-refractivity contribution in [1.82, 2.24) is 9.59 Å². The van der Waals surface area contributed by atoms with Gasteiger partial charge >= 0.3 is 0 Å². The number of halogens is 2. The van der Waals surface area contributed by atoms with Gasteiger partial charge in [-0.15, -0.1) is 5.10 Å². The van der Waals surface area contributed by atoms with Crippen molar-refractivity contribution < 1.29 is 8.78 Å². The number of hydrogen-bond acceptors (Lipinski definition) is 4. The molecule has 0 spiro atoms. The van der Waals surface area contributed by atoms with Gasteiger partial charge in [-0.05, 0) is 23.7 Å². The molecule has 0 atom stereocenters. The summed E-state index contributed by atoms with van der Waals surface area (Å²) in [5, 5.41) is 3.77. The minimum atomic E-state index is -0.655. The minimum Gasteiger partial charge on any atom is -0.326 e. The third kappa shape index (κ3) is 1.86. The average molecular weight is 227 g/mol. The van der Waals surface area contributed by atoms with Crippen molar-refractivity contribution in [2.75, 3.05) is 0 Å². The van der Waals surface area contributed by atoms with Crippen LogP contribution in [-0.2, 0) is 6.54 Å². The summed E-state index contributed by atoms with van der Waals surface area (Å²) in [5.41, 5.74) is 6.06. The summed E-state index contributed by atoms with van der Waals surface area (Å²) in [6, 6.07) is 3.33. The van der Waals surface area contributed by atoms with Crippen molar-refractivity contribution in [2.45, 2.75) is 6.54 Å². The molecule has 1 aromatic carbocycles. The van der Waals surface area contributed by atoms with Gasteiger partial charge in [-0.2, -0.15) is 0 Å². The second-order valence-electron chi connectivity index (χ2n) is 2.87. The Labute approximate surface area is 88.7 Å². The Morgan fingerprint density at radius 3 is 2.80 bits per heavy atom. The summed E-state index contributed by atoms with van der Waals surface area (Å²) in [7, 11) is 0. The molecule has 2 N–H and O–H groups in total. The molecule has 1 heterocycles. The van der Waals surface area contributed by atoms with Crippen molar-refractivity contribution >= 4 is 11.5 Å². The zero-order chi connectivity index (χ0) is 10.8. The highest BCUT2D eigenvalue weighted by Crippen LogP contribution is 2.26. The van der Waals surface area contributed by atoms with Gasteiger partial charge < -0.3 is 5.73 Å². The first kappa shape index (κ1) is 10.1. The van der Waals surface area contributed by atoms with Gasteiger partial charge in [0.2, 0.25) is 0 Å². The first-order valence-electron chi connectivity index (χ1n) is 4.19. The van der Waals surface area contributed by atoms with Gasteiger partial charge in [-0.1, -0.05) is 4.49 Å². The third-order valence-electron chi connectivity index (χ3n) is 1.93. The van der Waals surface area contributed by atoms with Gasteiger partial charge in [-0.3, -0.25) is 0 Å². The average Bonchev–Trinajstić information content (AvgIpc) is 2.65. The van der Waals surface area contributed by atoms with Gasteiger partial charge in [0.1, 0.15) is 17.3 Å². The zero-order valence-electron chi connectivity index (χ0n) is 7.58. The van der Waals surface area contributed by atoms with E-state index in [0.717, 1.165) is 17.6 Å². The predicted octanol–water partition coefficient (Wildman–Crippen LogP) is 1.94. The Kier molecular flexibility index (Phi) is 2.70. The predicted molar refractivity (Wildman–Crippen MR) is 53.2 cm³/mol. The number of nitrogens with two attached hydrogens (primary N) is 1. The van der Waals surface area contributed by atoms with Gasteiger partial charge in [0, 0.05) is 18.2 Å². The second kappa shape index (κ2) is 4.00. The van der Waals surface area contributed by atoms with Crippen LogP contribution in [0, 0.1) is 11.6 Å². The molecule has 0 aliphatic carbocycles. The molecule has 78 valence electrons. The molecular weight excluding hydrogens is 220 g/mol. The summed E-state index contributed by atoms with van der Waals surface area (Å²) in [4.78, 5) is 0.681. The van der Waals surface area contributed by atoms with Crippen molar-refractivity contribution in [3.05, 3.63) is 34.7 Å². The van der Waals surface area contributed by atoms with Gasteiger partial charge in [0.25, 0.3) is 0 Å². The van der Waals surface area contributed by atoms with Crippen LogP contribution < -0.4 is 5.73 Å². The Balaban J connectivity index is 2.54. The SMILES string of the molecule is NCc1snnc1-c1ccc(F)cc1F. The maximum absolute atomic E-state index is 13.4. The molecule has 2 rings (SSSR count). The molecule has 0 fully saturated rings. The maximum Gasteiger partial charge on any atom is 0.135 e. The van der Waals surface area contributed by atoms with Crippen LogP contribution in [0.25, 0.3) is 11.3 Å². The smallest absolute Gasteiger partial charge is 0.135 e. The lowest BCUT2D eigenvalue weighted by atomic mass is 10.1. The number of rotatable bonds is 2. The summed E-state index contributed by atoms with van der Waals surface area (Å²) < 4.78 is 29.7. The van der Waals surface area contributed by atoms with Gasteiger partial charge in [0.05, 0.1) is 4.88 Å². The molecule has 0 aliphatic rings. The van der Waals surface area contributed by atoms with E-state index in [0.29, 0.717) is 10.6 Å². The molecule has 0 bridgehead atoms. The molecule has 0 amide bonds. The van der Waals surface area contributed by atoms with Crippen LogP contribution in [0.4, 0.5) is 8.78 Å². The standard InChI is InChI=1S/C9H7F2N3S/c10-5-1-2-6(7(11)3-5)9-8(4-12)15-14-13-9/h1-3H,4,12H2. The molecule has 3 nitrogen and oxygen atoms in total. The van der Waals surface area contributed by atoms with Crippen LogP contribution in [0.5, 0.6) is 0 Å². The highest BCUT2D eigenvalue weighted by atomic mass is 32.1. The van der Waals surface area contributed by atoms with E-state index in [-0.39, 0.29) is 12.1 Å². The first-order valence-corrected chi connectivity index (χ1v) is 4.96. The fraction of sp³-hybridized carbons (Fsp3) is 0.111. The highest BCUT2D eigenvalue weighted by Gasteiger charge is 2.13. The number of nitrogens with zero attached hydrogens (tertiary/aromatic N) is 2. The quantitative estimate of drug-likeness (QED) is 0.853. The van der Waals surface area contributed by atoms with E-state index in [1.807, 2.05) is 0 Å². The van der Waals surface area contributed by atoms with E-state index in [2.05, 4.69) is 9.59 Å². The van der Waals surface area contributed by atoms with Crippen LogP contribution >= 0.6 is 11.5 Å². The summed E-state index contributed by atoms with van der Waals surface area (Å²) in [6.45, 7) is 0.240. The monoisotopic (exact) mass is 227 g/mol. The van der Waals surface area contributed by atoms with E-state index in [9.17, 15) is 8.78 Å². The molecular formula is C9H7F2N3S. The molecule has 0 aliphatic heterocycles. The van der Waals surface area contributed by atoms with E-state index < -0.39 is 11.6 Å². The van der Waals surface area contributed by atoms with Crippen molar-refractivity contribution in [3.63, 3.8) is 0 Å². The van der Waals surface area contributed by atoms with Gasteiger partial charge in [-0.25, -0.2) is 8.78 Å². The van der Waals surface area contributed by atoms with E-state index in [1.54, 1.807) is 0 Å². The van der Waals surface area contributed by atoms with Crippen LogP contribution in [-0.4, -0.2) is 9.59 Å².